The van der Waals surface area contributed by atoms with Crippen LogP contribution in [0.15, 0.2) is 41.2 Å². The highest BCUT2D eigenvalue weighted by Gasteiger charge is 2.21. The molecule has 1 aliphatic heterocycles. The molecule has 1 atom stereocenters. The maximum Gasteiger partial charge on any atom is 0.246 e. The zero-order valence-corrected chi connectivity index (χ0v) is 15.6. The molecular formula is C20H23N5O2. The van der Waals surface area contributed by atoms with Crippen LogP contribution in [-0.4, -0.2) is 39.9 Å². The standard InChI is InChI=1S/C20H23N5O2/c1-3-25(18-10-17(21-13-22-18)16-7-8-26-12-16)11-19-23-20(24-27-19)15-6-4-5-14(2)9-15/h4-6,9-10,13,16H,3,7-8,11-12H2,1-2H3. The summed E-state index contributed by atoms with van der Waals surface area (Å²) < 4.78 is 11.0. The van der Waals surface area contributed by atoms with E-state index in [0.717, 1.165) is 43.3 Å². The van der Waals surface area contributed by atoms with Crippen LogP contribution in [0.3, 0.4) is 0 Å². The molecule has 3 heterocycles. The molecule has 0 radical (unpaired) electrons. The van der Waals surface area contributed by atoms with E-state index in [0.29, 0.717) is 24.2 Å². The molecular weight excluding hydrogens is 342 g/mol. The molecule has 27 heavy (non-hydrogen) atoms. The second kappa shape index (κ2) is 7.84. The smallest absolute Gasteiger partial charge is 0.246 e. The van der Waals surface area contributed by atoms with Gasteiger partial charge in [-0.15, -0.1) is 0 Å². The van der Waals surface area contributed by atoms with Gasteiger partial charge in [-0.2, -0.15) is 4.98 Å². The normalized spacial score (nSPS) is 16.6. The largest absolute Gasteiger partial charge is 0.381 e. The van der Waals surface area contributed by atoms with Gasteiger partial charge in [-0.25, -0.2) is 9.97 Å². The van der Waals surface area contributed by atoms with Crippen LogP contribution in [0, 0.1) is 6.92 Å². The molecule has 3 aromatic rings. The monoisotopic (exact) mass is 365 g/mol. The number of hydrogen-bond acceptors (Lipinski definition) is 7. The molecule has 7 nitrogen and oxygen atoms in total. The van der Waals surface area contributed by atoms with Crippen LogP contribution in [0.5, 0.6) is 0 Å². The Morgan fingerprint density at radius 3 is 2.93 bits per heavy atom. The lowest BCUT2D eigenvalue weighted by molar-refractivity contribution is 0.193. The van der Waals surface area contributed by atoms with Crippen molar-refractivity contribution in [3.05, 3.63) is 53.8 Å². The number of ether oxygens (including phenoxy) is 1. The first kappa shape index (κ1) is 17.6. The summed E-state index contributed by atoms with van der Waals surface area (Å²) in [5, 5.41) is 4.13. The Morgan fingerprint density at radius 1 is 1.22 bits per heavy atom. The van der Waals surface area contributed by atoms with E-state index < -0.39 is 0 Å². The van der Waals surface area contributed by atoms with Gasteiger partial charge in [0.1, 0.15) is 12.1 Å². The molecule has 0 saturated carbocycles. The van der Waals surface area contributed by atoms with Crippen molar-refractivity contribution in [2.24, 2.45) is 0 Å². The van der Waals surface area contributed by atoms with Crippen LogP contribution in [-0.2, 0) is 11.3 Å². The molecule has 0 spiro atoms. The molecule has 7 heteroatoms. The first-order valence-electron chi connectivity index (χ1n) is 9.27. The van der Waals surface area contributed by atoms with Gasteiger partial charge >= 0.3 is 0 Å². The van der Waals surface area contributed by atoms with Crippen molar-refractivity contribution in [2.45, 2.75) is 32.7 Å². The second-order valence-electron chi connectivity index (χ2n) is 6.76. The Labute approximate surface area is 158 Å². The van der Waals surface area contributed by atoms with Crippen molar-refractivity contribution in [3.8, 4) is 11.4 Å². The van der Waals surface area contributed by atoms with Crippen LogP contribution >= 0.6 is 0 Å². The molecule has 0 bridgehead atoms. The van der Waals surface area contributed by atoms with Crippen molar-refractivity contribution in [2.75, 3.05) is 24.7 Å². The molecule has 2 aromatic heterocycles. The lowest BCUT2D eigenvalue weighted by Crippen LogP contribution is -2.23. The molecule has 1 aromatic carbocycles. The Balaban J connectivity index is 1.52. The van der Waals surface area contributed by atoms with Gasteiger partial charge in [0.15, 0.2) is 0 Å². The third kappa shape index (κ3) is 3.98. The van der Waals surface area contributed by atoms with E-state index in [2.05, 4.69) is 31.9 Å². The van der Waals surface area contributed by atoms with E-state index in [-0.39, 0.29) is 0 Å². The van der Waals surface area contributed by atoms with Crippen LogP contribution in [0.25, 0.3) is 11.4 Å². The molecule has 1 saturated heterocycles. The Bertz CT molecular complexity index is 905. The average Bonchev–Trinajstić information content (AvgIpc) is 3.38. The van der Waals surface area contributed by atoms with Crippen molar-refractivity contribution >= 4 is 5.82 Å². The first-order chi connectivity index (χ1) is 13.2. The zero-order chi connectivity index (χ0) is 18.6. The van der Waals surface area contributed by atoms with E-state index in [1.807, 2.05) is 37.3 Å². The summed E-state index contributed by atoms with van der Waals surface area (Å²) in [6, 6.07) is 10.1. The summed E-state index contributed by atoms with van der Waals surface area (Å²) in [5.41, 5.74) is 3.15. The maximum atomic E-state index is 5.48. The summed E-state index contributed by atoms with van der Waals surface area (Å²) >= 11 is 0. The molecule has 0 aliphatic carbocycles. The third-order valence-corrected chi connectivity index (χ3v) is 4.80. The molecule has 1 aliphatic rings. The number of nitrogens with zero attached hydrogens (tertiary/aromatic N) is 5. The highest BCUT2D eigenvalue weighted by molar-refractivity contribution is 5.55. The van der Waals surface area contributed by atoms with Gasteiger partial charge in [-0.05, 0) is 26.3 Å². The second-order valence-corrected chi connectivity index (χ2v) is 6.76. The summed E-state index contributed by atoms with van der Waals surface area (Å²) in [6.07, 6.45) is 2.63. The van der Waals surface area contributed by atoms with E-state index in [1.54, 1.807) is 6.33 Å². The fourth-order valence-electron chi connectivity index (χ4n) is 3.26. The number of hydrogen-bond donors (Lipinski definition) is 0. The topological polar surface area (TPSA) is 77.2 Å². The first-order valence-corrected chi connectivity index (χ1v) is 9.27. The van der Waals surface area contributed by atoms with E-state index in [9.17, 15) is 0 Å². The SMILES string of the molecule is CCN(Cc1nc(-c2cccc(C)c2)no1)c1cc(C2CCOC2)ncn1. The highest BCUT2D eigenvalue weighted by Crippen LogP contribution is 2.26. The summed E-state index contributed by atoms with van der Waals surface area (Å²) in [6.45, 7) is 6.94. The van der Waals surface area contributed by atoms with Crippen molar-refractivity contribution in [3.63, 3.8) is 0 Å². The molecule has 0 N–H and O–H groups in total. The van der Waals surface area contributed by atoms with Crippen LogP contribution in [0.2, 0.25) is 0 Å². The minimum atomic E-state index is 0.349. The number of benzene rings is 1. The Hall–Kier alpha value is -2.80. The number of aromatic nitrogens is 4. The van der Waals surface area contributed by atoms with Gasteiger partial charge in [0.25, 0.3) is 0 Å². The van der Waals surface area contributed by atoms with Crippen molar-refractivity contribution < 1.29 is 9.26 Å². The van der Waals surface area contributed by atoms with E-state index in [4.69, 9.17) is 9.26 Å². The number of anilines is 1. The molecule has 0 amide bonds. The number of aryl methyl sites for hydroxylation is 1. The quantitative estimate of drug-likeness (QED) is 0.663. The molecule has 4 rings (SSSR count). The lowest BCUT2D eigenvalue weighted by Gasteiger charge is -2.20. The van der Waals surface area contributed by atoms with Crippen LogP contribution < -0.4 is 4.90 Å². The van der Waals surface area contributed by atoms with Gasteiger partial charge in [-0.1, -0.05) is 28.9 Å². The molecule has 1 fully saturated rings. The molecule has 1 unspecified atom stereocenters. The van der Waals surface area contributed by atoms with Crippen LogP contribution in [0.1, 0.15) is 36.4 Å². The predicted octanol–water partition coefficient (Wildman–Crippen LogP) is 3.37. The fraction of sp³-hybridized carbons (Fsp3) is 0.400. The zero-order valence-electron chi connectivity index (χ0n) is 15.6. The van der Waals surface area contributed by atoms with E-state index in [1.165, 1.54) is 5.56 Å². The summed E-state index contributed by atoms with van der Waals surface area (Å²) in [4.78, 5) is 15.5. The van der Waals surface area contributed by atoms with E-state index >= 15 is 0 Å². The average molecular weight is 365 g/mol. The number of rotatable bonds is 6. The van der Waals surface area contributed by atoms with Gasteiger partial charge in [0.2, 0.25) is 11.7 Å². The van der Waals surface area contributed by atoms with Gasteiger partial charge in [0.05, 0.1) is 18.8 Å². The van der Waals surface area contributed by atoms with Crippen molar-refractivity contribution in [1.29, 1.82) is 0 Å². The minimum absolute atomic E-state index is 0.349. The van der Waals surface area contributed by atoms with Gasteiger partial charge < -0.3 is 14.2 Å². The third-order valence-electron chi connectivity index (χ3n) is 4.80. The molecule has 140 valence electrons. The summed E-state index contributed by atoms with van der Waals surface area (Å²) in [7, 11) is 0. The van der Waals surface area contributed by atoms with Gasteiger partial charge in [0, 0.05) is 30.7 Å². The minimum Gasteiger partial charge on any atom is -0.381 e. The Kier molecular flexibility index (Phi) is 5.11. The van der Waals surface area contributed by atoms with Crippen molar-refractivity contribution in [1.82, 2.24) is 20.1 Å². The highest BCUT2D eigenvalue weighted by atomic mass is 16.5. The van der Waals surface area contributed by atoms with Crippen LogP contribution in [0.4, 0.5) is 5.82 Å². The maximum absolute atomic E-state index is 5.48. The predicted molar refractivity (Wildman–Crippen MR) is 101 cm³/mol. The van der Waals surface area contributed by atoms with Gasteiger partial charge in [-0.3, -0.25) is 0 Å². The fourth-order valence-corrected chi connectivity index (χ4v) is 3.26. The summed E-state index contributed by atoms with van der Waals surface area (Å²) in [5.74, 6) is 2.39. The lowest BCUT2D eigenvalue weighted by atomic mass is 10.0. The Morgan fingerprint density at radius 2 is 2.15 bits per heavy atom.